The first kappa shape index (κ1) is 9.74. The maximum atomic E-state index is 5.77. The third kappa shape index (κ3) is 1.70. The van der Waals surface area contributed by atoms with Gasteiger partial charge >= 0.3 is 0 Å². The zero-order valence-electron chi connectivity index (χ0n) is 7.96. The maximum absolute atomic E-state index is 5.77. The van der Waals surface area contributed by atoms with E-state index >= 15 is 0 Å². The second-order valence-electron chi connectivity index (χ2n) is 3.56. The van der Waals surface area contributed by atoms with Crippen LogP contribution in [-0.2, 0) is 6.42 Å². The second kappa shape index (κ2) is 3.75. The molecule has 1 atom stereocenters. The van der Waals surface area contributed by atoms with Crippen LogP contribution in [-0.4, -0.2) is 6.04 Å². The Morgan fingerprint density at radius 2 is 2.29 bits per heavy atom. The summed E-state index contributed by atoms with van der Waals surface area (Å²) in [5.74, 6) is 0. The van der Waals surface area contributed by atoms with Gasteiger partial charge in [-0.05, 0) is 40.9 Å². The van der Waals surface area contributed by atoms with Crippen LogP contribution in [0.25, 0.3) is 11.0 Å². The van der Waals surface area contributed by atoms with Crippen LogP contribution in [0.4, 0.5) is 0 Å². The zero-order chi connectivity index (χ0) is 10.1. The van der Waals surface area contributed by atoms with Crippen molar-refractivity contribution >= 4 is 26.9 Å². The Balaban J connectivity index is 2.54. The summed E-state index contributed by atoms with van der Waals surface area (Å²) in [6, 6.07) is 6.28. The third-order valence-electron chi connectivity index (χ3n) is 2.18. The summed E-state index contributed by atoms with van der Waals surface area (Å²) in [4.78, 5) is 0. The molecule has 74 valence electrons. The van der Waals surface area contributed by atoms with Gasteiger partial charge in [-0.15, -0.1) is 0 Å². The number of fused-ring (bicyclic) bond motifs is 1. The highest BCUT2D eigenvalue weighted by molar-refractivity contribution is 9.10. The van der Waals surface area contributed by atoms with Crippen molar-refractivity contribution in [3.63, 3.8) is 0 Å². The smallest absolute Gasteiger partial charge is 0.138 e. The summed E-state index contributed by atoms with van der Waals surface area (Å²) in [5, 5.41) is 1.11. The lowest BCUT2D eigenvalue weighted by atomic mass is 10.1. The molecule has 2 rings (SSSR count). The Morgan fingerprint density at radius 1 is 1.50 bits per heavy atom. The normalized spacial score (nSPS) is 13.4. The number of furan rings is 1. The SMILES string of the molecule is CC(N)Cc1cccc2c(Br)coc12. The Bertz CT molecular complexity index is 447. The fourth-order valence-corrected chi connectivity index (χ4v) is 2.00. The van der Waals surface area contributed by atoms with Gasteiger partial charge < -0.3 is 10.2 Å². The molecule has 1 unspecified atom stereocenters. The van der Waals surface area contributed by atoms with Gasteiger partial charge in [-0.2, -0.15) is 0 Å². The molecule has 0 bridgehead atoms. The van der Waals surface area contributed by atoms with E-state index in [0.29, 0.717) is 0 Å². The lowest BCUT2D eigenvalue weighted by Gasteiger charge is -2.05. The summed E-state index contributed by atoms with van der Waals surface area (Å²) in [6.45, 7) is 2.00. The quantitative estimate of drug-likeness (QED) is 0.894. The van der Waals surface area contributed by atoms with Crippen LogP contribution in [0.2, 0.25) is 0 Å². The molecule has 1 heterocycles. The van der Waals surface area contributed by atoms with Crippen molar-refractivity contribution in [2.45, 2.75) is 19.4 Å². The largest absolute Gasteiger partial charge is 0.463 e. The Morgan fingerprint density at radius 3 is 3.00 bits per heavy atom. The average Bonchev–Trinajstić information content (AvgIpc) is 2.49. The maximum Gasteiger partial charge on any atom is 0.138 e. The van der Waals surface area contributed by atoms with Crippen LogP contribution < -0.4 is 5.73 Å². The summed E-state index contributed by atoms with van der Waals surface area (Å²) >= 11 is 3.44. The number of benzene rings is 1. The predicted molar refractivity (Wildman–Crippen MR) is 61.3 cm³/mol. The first-order chi connectivity index (χ1) is 6.68. The highest BCUT2D eigenvalue weighted by Crippen LogP contribution is 2.28. The number of nitrogens with two attached hydrogens (primary N) is 1. The van der Waals surface area contributed by atoms with E-state index in [0.717, 1.165) is 21.9 Å². The van der Waals surface area contributed by atoms with Crippen molar-refractivity contribution in [2.75, 3.05) is 0 Å². The van der Waals surface area contributed by atoms with E-state index in [9.17, 15) is 0 Å². The third-order valence-corrected chi connectivity index (χ3v) is 2.79. The average molecular weight is 254 g/mol. The van der Waals surface area contributed by atoms with Gasteiger partial charge in [-0.1, -0.05) is 12.1 Å². The van der Waals surface area contributed by atoms with Crippen molar-refractivity contribution in [1.82, 2.24) is 0 Å². The monoisotopic (exact) mass is 253 g/mol. The van der Waals surface area contributed by atoms with E-state index in [1.165, 1.54) is 5.56 Å². The highest BCUT2D eigenvalue weighted by Gasteiger charge is 2.08. The van der Waals surface area contributed by atoms with Gasteiger partial charge in [-0.3, -0.25) is 0 Å². The van der Waals surface area contributed by atoms with Crippen molar-refractivity contribution in [2.24, 2.45) is 5.73 Å². The molecule has 1 aromatic heterocycles. The van der Waals surface area contributed by atoms with Crippen molar-refractivity contribution in [3.8, 4) is 0 Å². The number of hydrogen-bond acceptors (Lipinski definition) is 2. The molecule has 2 aromatic rings. The number of para-hydroxylation sites is 1. The molecule has 0 amide bonds. The molecule has 0 aliphatic heterocycles. The minimum atomic E-state index is 0.157. The van der Waals surface area contributed by atoms with Crippen LogP contribution in [0.15, 0.2) is 33.4 Å². The lowest BCUT2D eigenvalue weighted by Crippen LogP contribution is -2.17. The molecule has 3 heteroatoms. The van der Waals surface area contributed by atoms with E-state index < -0.39 is 0 Å². The number of halogens is 1. The topological polar surface area (TPSA) is 39.2 Å². The zero-order valence-corrected chi connectivity index (χ0v) is 9.54. The van der Waals surface area contributed by atoms with E-state index in [1.807, 2.05) is 19.1 Å². The van der Waals surface area contributed by atoms with E-state index in [2.05, 4.69) is 22.0 Å². The van der Waals surface area contributed by atoms with Crippen LogP contribution in [0.1, 0.15) is 12.5 Å². The molecule has 2 N–H and O–H groups in total. The second-order valence-corrected chi connectivity index (χ2v) is 4.41. The van der Waals surface area contributed by atoms with Crippen LogP contribution >= 0.6 is 15.9 Å². The summed E-state index contributed by atoms with van der Waals surface area (Å²) < 4.78 is 6.48. The Kier molecular flexibility index (Phi) is 2.61. The molecule has 2 nitrogen and oxygen atoms in total. The fraction of sp³-hybridized carbons (Fsp3) is 0.273. The highest BCUT2D eigenvalue weighted by atomic mass is 79.9. The van der Waals surface area contributed by atoms with E-state index in [1.54, 1.807) is 6.26 Å². The van der Waals surface area contributed by atoms with Gasteiger partial charge in [-0.25, -0.2) is 0 Å². The number of rotatable bonds is 2. The van der Waals surface area contributed by atoms with Crippen LogP contribution in [0.3, 0.4) is 0 Å². The first-order valence-electron chi connectivity index (χ1n) is 4.58. The van der Waals surface area contributed by atoms with Crippen molar-refractivity contribution in [3.05, 3.63) is 34.5 Å². The summed E-state index contributed by atoms with van der Waals surface area (Å²) in [6.07, 6.45) is 2.56. The predicted octanol–water partition coefficient (Wildman–Crippen LogP) is 3.09. The van der Waals surface area contributed by atoms with Crippen molar-refractivity contribution < 1.29 is 4.42 Å². The molecule has 0 radical (unpaired) electrons. The van der Waals surface area contributed by atoms with E-state index in [4.69, 9.17) is 10.2 Å². The molecule has 0 fully saturated rings. The molecule has 0 saturated heterocycles. The van der Waals surface area contributed by atoms with Gasteiger partial charge in [0.25, 0.3) is 0 Å². The number of hydrogen-bond donors (Lipinski definition) is 1. The molecule has 1 aromatic carbocycles. The molecular formula is C11H12BrNO. The van der Waals surface area contributed by atoms with Gasteiger partial charge in [0.05, 0.1) is 4.47 Å². The molecule has 0 aliphatic carbocycles. The van der Waals surface area contributed by atoms with Gasteiger partial charge in [0.2, 0.25) is 0 Å². The van der Waals surface area contributed by atoms with Gasteiger partial charge in [0, 0.05) is 11.4 Å². The van der Waals surface area contributed by atoms with Crippen LogP contribution in [0, 0.1) is 0 Å². The lowest BCUT2D eigenvalue weighted by molar-refractivity contribution is 0.604. The minimum Gasteiger partial charge on any atom is -0.463 e. The summed E-state index contributed by atoms with van der Waals surface area (Å²) in [7, 11) is 0. The van der Waals surface area contributed by atoms with E-state index in [-0.39, 0.29) is 6.04 Å². The van der Waals surface area contributed by atoms with Gasteiger partial charge in [0.15, 0.2) is 0 Å². The molecule has 14 heavy (non-hydrogen) atoms. The molecule has 0 spiro atoms. The molecule has 0 saturated carbocycles. The van der Waals surface area contributed by atoms with Crippen LogP contribution in [0.5, 0.6) is 0 Å². The Hall–Kier alpha value is -0.800. The van der Waals surface area contributed by atoms with Crippen molar-refractivity contribution in [1.29, 1.82) is 0 Å². The first-order valence-corrected chi connectivity index (χ1v) is 5.38. The molecular weight excluding hydrogens is 242 g/mol. The summed E-state index contributed by atoms with van der Waals surface area (Å²) in [5.41, 5.74) is 7.88. The standard InChI is InChI=1S/C11H12BrNO/c1-7(13)5-8-3-2-4-9-10(12)6-14-11(8)9/h2-4,6-7H,5,13H2,1H3. The van der Waals surface area contributed by atoms with Gasteiger partial charge in [0.1, 0.15) is 11.8 Å². The fourth-order valence-electron chi connectivity index (χ4n) is 1.59. The Labute approximate surface area is 91.2 Å². The minimum absolute atomic E-state index is 0.157. The molecule has 0 aliphatic rings.